The molecular formula is C13H15N3O3S. The standard InChI is InChI=1S/C13H15N3O3S/c17-12-10-2-1-5-14-11(10)20-16(12)13(18)15-8-9-3-6-19-7-4-9/h1-2,5,9H,3-4,6-8H2,(H,15,18). The van der Waals surface area contributed by atoms with E-state index in [1.807, 2.05) is 0 Å². The quantitative estimate of drug-likeness (QED) is 0.909. The highest BCUT2D eigenvalue weighted by Gasteiger charge is 2.17. The minimum atomic E-state index is -0.371. The van der Waals surface area contributed by atoms with Gasteiger partial charge in [0.1, 0.15) is 4.83 Å². The van der Waals surface area contributed by atoms with Crippen LogP contribution < -0.4 is 10.9 Å². The van der Waals surface area contributed by atoms with Crippen LogP contribution in [0.1, 0.15) is 12.8 Å². The van der Waals surface area contributed by atoms with Crippen molar-refractivity contribution in [2.75, 3.05) is 19.8 Å². The van der Waals surface area contributed by atoms with Gasteiger partial charge >= 0.3 is 6.03 Å². The molecule has 106 valence electrons. The molecule has 0 aliphatic carbocycles. The third-order valence-corrected chi connectivity index (χ3v) is 4.44. The van der Waals surface area contributed by atoms with Crippen molar-refractivity contribution < 1.29 is 9.53 Å². The second kappa shape index (κ2) is 5.72. The van der Waals surface area contributed by atoms with Crippen molar-refractivity contribution in [2.45, 2.75) is 12.8 Å². The number of nitrogens with zero attached hydrogens (tertiary/aromatic N) is 2. The number of hydrogen-bond donors (Lipinski definition) is 1. The largest absolute Gasteiger partial charge is 0.381 e. The first kappa shape index (κ1) is 13.3. The second-order valence-electron chi connectivity index (χ2n) is 4.79. The number of ether oxygens (including phenoxy) is 1. The first-order valence-electron chi connectivity index (χ1n) is 6.58. The predicted octanol–water partition coefficient (Wildman–Crippen LogP) is 1.44. The minimum absolute atomic E-state index is 0.303. The lowest BCUT2D eigenvalue weighted by Crippen LogP contribution is -2.37. The number of rotatable bonds is 2. The first-order valence-corrected chi connectivity index (χ1v) is 7.36. The Bertz CT molecular complexity index is 673. The second-order valence-corrected chi connectivity index (χ2v) is 5.72. The van der Waals surface area contributed by atoms with Gasteiger partial charge in [-0.15, -0.1) is 0 Å². The third-order valence-electron chi connectivity index (χ3n) is 3.43. The zero-order chi connectivity index (χ0) is 13.9. The van der Waals surface area contributed by atoms with Crippen LogP contribution in [0.5, 0.6) is 0 Å². The number of nitrogens with one attached hydrogen (secondary N) is 1. The van der Waals surface area contributed by atoms with Crippen LogP contribution in [0.2, 0.25) is 0 Å². The SMILES string of the molecule is O=C(NCC1CCOCC1)n1sc2ncccc2c1=O. The van der Waals surface area contributed by atoms with Gasteiger partial charge in [0.15, 0.2) is 0 Å². The van der Waals surface area contributed by atoms with Crippen LogP contribution in [0.15, 0.2) is 23.1 Å². The molecule has 1 aliphatic rings. The molecule has 0 radical (unpaired) electrons. The Kier molecular flexibility index (Phi) is 3.79. The lowest BCUT2D eigenvalue weighted by Gasteiger charge is -2.21. The normalized spacial score (nSPS) is 16.4. The Hall–Kier alpha value is -1.73. The van der Waals surface area contributed by atoms with Crippen LogP contribution in [0.3, 0.4) is 0 Å². The first-order chi connectivity index (χ1) is 9.75. The highest BCUT2D eigenvalue weighted by atomic mass is 32.1. The summed E-state index contributed by atoms with van der Waals surface area (Å²) in [6.45, 7) is 2.07. The molecule has 1 N–H and O–H groups in total. The van der Waals surface area contributed by atoms with Crippen LogP contribution in [-0.2, 0) is 4.74 Å². The van der Waals surface area contributed by atoms with E-state index in [1.54, 1.807) is 18.3 Å². The van der Waals surface area contributed by atoms with Crippen molar-refractivity contribution >= 4 is 27.8 Å². The van der Waals surface area contributed by atoms with Gasteiger partial charge in [-0.1, -0.05) is 0 Å². The summed E-state index contributed by atoms with van der Waals surface area (Å²) in [5.74, 6) is 0.427. The van der Waals surface area contributed by atoms with Crippen molar-refractivity contribution in [1.29, 1.82) is 0 Å². The third kappa shape index (κ3) is 2.59. The molecule has 0 aromatic carbocycles. The monoisotopic (exact) mass is 293 g/mol. The lowest BCUT2D eigenvalue weighted by molar-refractivity contribution is 0.0669. The number of pyridine rings is 1. The predicted molar refractivity (Wildman–Crippen MR) is 76.2 cm³/mol. The Balaban J connectivity index is 1.72. The lowest BCUT2D eigenvalue weighted by atomic mass is 10.0. The Labute approximate surface area is 119 Å². The fourth-order valence-corrected chi connectivity index (χ4v) is 3.11. The summed E-state index contributed by atoms with van der Waals surface area (Å²) >= 11 is 1.07. The summed E-state index contributed by atoms with van der Waals surface area (Å²) in [7, 11) is 0. The van der Waals surface area contributed by atoms with Crippen molar-refractivity contribution in [3.63, 3.8) is 0 Å². The van der Waals surface area contributed by atoms with Crippen molar-refractivity contribution in [1.82, 2.24) is 14.3 Å². The van der Waals surface area contributed by atoms with Crippen molar-refractivity contribution in [2.24, 2.45) is 5.92 Å². The van der Waals surface area contributed by atoms with E-state index in [0.717, 1.165) is 41.5 Å². The molecule has 7 heteroatoms. The molecule has 3 heterocycles. The van der Waals surface area contributed by atoms with Gasteiger partial charge in [0.2, 0.25) is 0 Å². The van der Waals surface area contributed by atoms with Crippen LogP contribution in [0.25, 0.3) is 10.2 Å². The van der Waals surface area contributed by atoms with Crippen LogP contribution >= 0.6 is 11.5 Å². The fraction of sp³-hybridized carbons (Fsp3) is 0.462. The maximum absolute atomic E-state index is 12.1. The van der Waals surface area contributed by atoms with E-state index in [-0.39, 0.29) is 11.6 Å². The number of carbonyl (C=O) groups excluding carboxylic acids is 1. The van der Waals surface area contributed by atoms with Gasteiger partial charge in [0, 0.05) is 26.0 Å². The van der Waals surface area contributed by atoms with Gasteiger partial charge in [-0.05, 0) is 42.4 Å². The maximum Gasteiger partial charge on any atom is 0.338 e. The molecular weight excluding hydrogens is 278 g/mol. The van der Waals surface area contributed by atoms with E-state index >= 15 is 0 Å². The molecule has 0 atom stereocenters. The van der Waals surface area contributed by atoms with Gasteiger partial charge in [-0.25, -0.2) is 9.78 Å². The summed E-state index contributed by atoms with van der Waals surface area (Å²) in [6.07, 6.45) is 3.51. The molecule has 1 saturated heterocycles. The molecule has 2 aromatic rings. The van der Waals surface area contributed by atoms with Crippen LogP contribution in [-0.4, -0.2) is 34.7 Å². The summed E-state index contributed by atoms with van der Waals surface area (Å²) in [4.78, 5) is 28.8. The zero-order valence-electron chi connectivity index (χ0n) is 10.9. The van der Waals surface area contributed by atoms with Gasteiger partial charge in [0.25, 0.3) is 5.56 Å². The van der Waals surface area contributed by atoms with Crippen molar-refractivity contribution in [3.05, 3.63) is 28.7 Å². The van der Waals surface area contributed by atoms with Gasteiger partial charge in [-0.3, -0.25) is 4.79 Å². The average molecular weight is 293 g/mol. The summed E-state index contributed by atoms with van der Waals surface area (Å²) in [5.41, 5.74) is -0.303. The van der Waals surface area contributed by atoms with Gasteiger partial charge < -0.3 is 10.1 Å². The summed E-state index contributed by atoms with van der Waals surface area (Å²) < 4.78 is 6.41. The summed E-state index contributed by atoms with van der Waals surface area (Å²) in [6, 6.07) is 3.01. The average Bonchev–Trinajstić information content (AvgIpc) is 2.84. The van der Waals surface area contributed by atoms with Crippen molar-refractivity contribution in [3.8, 4) is 0 Å². The summed E-state index contributed by atoms with van der Waals surface area (Å²) in [5, 5.41) is 3.31. The number of carbonyl (C=O) groups is 1. The van der Waals surface area contributed by atoms with E-state index in [9.17, 15) is 9.59 Å². The van der Waals surface area contributed by atoms with E-state index in [2.05, 4.69) is 10.3 Å². The molecule has 0 saturated carbocycles. The van der Waals surface area contributed by atoms with E-state index in [4.69, 9.17) is 4.74 Å². The zero-order valence-corrected chi connectivity index (χ0v) is 11.7. The van der Waals surface area contributed by atoms with Gasteiger partial charge in [0.05, 0.1) is 5.39 Å². The number of hydrogen-bond acceptors (Lipinski definition) is 5. The number of amides is 1. The maximum atomic E-state index is 12.1. The fourth-order valence-electron chi connectivity index (χ4n) is 2.25. The molecule has 6 nitrogen and oxygen atoms in total. The van der Waals surface area contributed by atoms with Crippen LogP contribution in [0.4, 0.5) is 4.79 Å². The number of fused-ring (bicyclic) bond motifs is 1. The Morgan fingerprint density at radius 2 is 2.30 bits per heavy atom. The molecule has 1 fully saturated rings. The molecule has 0 bridgehead atoms. The highest BCUT2D eigenvalue weighted by Crippen LogP contribution is 2.14. The van der Waals surface area contributed by atoms with E-state index < -0.39 is 0 Å². The minimum Gasteiger partial charge on any atom is -0.381 e. The van der Waals surface area contributed by atoms with Crippen LogP contribution in [0, 0.1) is 5.92 Å². The van der Waals surface area contributed by atoms with Gasteiger partial charge in [-0.2, -0.15) is 3.96 Å². The molecule has 20 heavy (non-hydrogen) atoms. The molecule has 1 amide bonds. The molecule has 0 spiro atoms. The molecule has 0 unspecified atom stereocenters. The molecule has 3 rings (SSSR count). The Morgan fingerprint density at radius 3 is 3.05 bits per heavy atom. The van der Waals surface area contributed by atoms with E-state index in [0.29, 0.717) is 22.7 Å². The molecule has 1 aliphatic heterocycles. The smallest absolute Gasteiger partial charge is 0.338 e. The van der Waals surface area contributed by atoms with E-state index in [1.165, 1.54) is 0 Å². The topological polar surface area (TPSA) is 73.2 Å². The highest BCUT2D eigenvalue weighted by molar-refractivity contribution is 7.14. The number of aromatic nitrogens is 2. The Morgan fingerprint density at radius 1 is 1.50 bits per heavy atom. The molecule has 2 aromatic heterocycles.